The number of carbonyl (C=O) groups excluding carboxylic acids is 4. The van der Waals surface area contributed by atoms with Crippen LogP contribution in [0.1, 0.15) is 87.1 Å². The van der Waals surface area contributed by atoms with Gasteiger partial charge in [-0.15, -0.1) is 0 Å². The SMILES string of the molecule is COCCCOc1cc(C[C@H](CC2C(CC(C(=O)NCC(C)(C)C(N)=O)C(C)C)OCN2C(=O)OCOC(=O)C(C)(C)C)C(C)C)ccc1OC. The molecule has 3 unspecified atom stereocenters. The summed E-state index contributed by atoms with van der Waals surface area (Å²) in [6, 6.07) is 5.46. The van der Waals surface area contributed by atoms with Crippen LogP contribution in [0.4, 0.5) is 4.79 Å². The van der Waals surface area contributed by atoms with Crippen LogP contribution in [0.15, 0.2) is 18.2 Å². The number of carbonyl (C=O) groups is 4. The van der Waals surface area contributed by atoms with Gasteiger partial charge in [0.25, 0.3) is 0 Å². The zero-order chi connectivity index (χ0) is 38.5. The second-order valence-corrected chi connectivity index (χ2v) is 15.8. The Morgan fingerprint density at radius 2 is 1.65 bits per heavy atom. The minimum absolute atomic E-state index is 0.0463. The molecule has 1 aliphatic heterocycles. The molecule has 0 spiro atoms. The maximum absolute atomic E-state index is 13.5. The van der Waals surface area contributed by atoms with Gasteiger partial charge in [-0.2, -0.15) is 0 Å². The predicted molar refractivity (Wildman–Crippen MR) is 193 cm³/mol. The van der Waals surface area contributed by atoms with E-state index in [1.54, 1.807) is 48.8 Å². The Morgan fingerprint density at radius 3 is 2.22 bits per heavy atom. The lowest BCUT2D eigenvalue weighted by atomic mass is 9.80. The van der Waals surface area contributed by atoms with Crippen molar-refractivity contribution in [3.63, 3.8) is 0 Å². The molecule has 3 amide bonds. The Morgan fingerprint density at radius 1 is 0.961 bits per heavy atom. The lowest BCUT2D eigenvalue weighted by molar-refractivity contribution is -0.162. The summed E-state index contributed by atoms with van der Waals surface area (Å²) in [5.41, 5.74) is 4.91. The van der Waals surface area contributed by atoms with Crippen LogP contribution in [-0.4, -0.2) is 88.4 Å². The van der Waals surface area contributed by atoms with Gasteiger partial charge in [-0.1, -0.05) is 33.8 Å². The van der Waals surface area contributed by atoms with E-state index in [4.69, 9.17) is 34.2 Å². The normalized spacial score (nSPS) is 17.6. The smallest absolute Gasteiger partial charge is 0.414 e. The highest BCUT2D eigenvalue weighted by Gasteiger charge is 2.43. The molecular formula is C38H63N3O10. The number of primary amides is 1. The van der Waals surface area contributed by atoms with E-state index in [2.05, 4.69) is 19.2 Å². The molecule has 290 valence electrons. The van der Waals surface area contributed by atoms with Crippen LogP contribution in [-0.2, 0) is 39.8 Å². The van der Waals surface area contributed by atoms with Crippen molar-refractivity contribution >= 4 is 23.9 Å². The summed E-state index contributed by atoms with van der Waals surface area (Å²) in [5.74, 6) is -0.158. The van der Waals surface area contributed by atoms with Gasteiger partial charge in [0.15, 0.2) is 11.5 Å². The standard InChI is InChI=1S/C38H63N3O10/c1-24(2)27(17-26-13-14-30(47-11)32(18-26)48-16-12-15-46-10)19-29-31(20-28(25(3)4)33(42)40-21-38(8,9)34(39)43)49-22-41(29)36(45)51-23-50-35(44)37(5,6)7/h13-14,18,24-25,27-29,31H,12,15-17,19-23H2,1-11H3,(H2,39,43)(H,40,42)/t27-,28?,29?,31?/m1/s1. The van der Waals surface area contributed by atoms with Gasteiger partial charge in [0, 0.05) is 32.6 Å². The molecule has 1 aromatic carbocycles. The zero-order valence-electron chi connectivity index (χ0n) is 32.7. The number of ether oxygens (including phenoxy) is 6. The number of esters is 1. The molecule has 0 aromatic heterocycles. The van der Waals surface area contributed by atoms with Crippen LogP contribution in [0.5, 0.6) is 11.5 Å². The first-order chi connectivity index (χ1) is 23.8. The molecule has 1 heterocycles. The largest absolute Gasteiger partial charge is 0.493 e. The van der Waals surface area contributed by atoms with E-state index in [0.29, 0.717) is 44.0 Å². The Hall–Kier alpha value is -3.58. The number of hydrogen-bond donors (Lipinski definition) is 2. The van der Waals surface area contributed by atoms with Crippen molar-refractivity contribution in [2.24, 2.45) is 40.2 Å². The molecule has 1 aliphatic rings. The number of hydrogen-bond acceptors (Lipinski definition) is 10. The van der Waals surface area contributed by atoms with Gasteiger partial charge in [-0.3, -0.25) is 19.3 Å². The lowest BCUT2D eigenvalue weighted by Crippen LogP contribution is -2.47. The highest BCUT2D eigenvalue weighted by molar-refractivity contribution is 5.83. The molecule has 13 nitrogen and oxygen atoms in total. The molecule has 2 rings (SSSR count). The first-order valence-corrected chi connectivity index (χ1v) is 17.9. The molecule has 1 saturated heterocycles. The number of nitrogens with one attached hydrogen (secondary N) is 1. The summed E-state index contributed by atoms with van der Waals surface area (Å²) >= 11 is 0. The minimum Gasteiger partial charge on any atom is -0.493 e. The summed E-state index contributed by atoms with van der Waals surface area (Å²) in [6.07, 6.45) is 1.14. The van der Waals surface area contributed by atoms with Crippen LogP contribution in [0.25, 0.3) is 0 Å². The second-order valence-electron chi connectivity index (χ2n) is 15.8. The molecule has 0 saturated carbocycles. The van der Waals surface area contributed by atoms with E-state index in [-0.39, 0.29) is 36.9 Å². The van der Waals surface area contributed by atoms with Crippen LogP contribution >= 0.6 is 0 Å². The number of rotatable bonds is 20. The van der Waals surface area contributed by atoms with E-state index in [1.807, 2.05) is 32.0 Å². The molecule has 1 aromatic rings. The predicted octanol–water partition coefficient (Wildman–Crippen LogP) is 5.32. The maximum atomic E-state index is 13.5. The molecule has 3 N–H and O–H groups in total. The Bertz CT molecular complexity index is 1290. The van der Waals surface area contributed by atoms with Crippen molar-refractivity contribution in [3.05, 3.63) is 23.8 Å². The van der Waals surface area contributed by atoms with E-state index < -0.39 is 53.7 Å². The van der Waals surface area contributed by atoms with E-state index in [1.165, 1.54) is 4.90 Å². The summed E-state index contributed by atoms with van der Waals surface area (Å²) in [6.45, 7) is 17.3. The lowest BCUT2D eigenvalue weighted by Gasteiger charge is -2.33. The number of benzene rings is 1. The first-order valence-electron chi connectivity index (χ1n) is 17.9. The fourth-order valence-corrected chi connectivity index (χ4v) is 5.72. The number of nitrogens with zero attached hydrogens (tertiary/aromatic N) is 1. The van der Waals surface area contributed by atoms with Crippen LogP contribution in [0.2, 0.25) is 0 Å². The minimum atomic E-state index is -0.915. The van der Waals surface area contributed by atoms with Gasteiger partial charge in [0.2, 0.25) is 18.6 Å². The molecule has 51 heavy (non-hydrogen) atoms. The van der Waals surface area contributed by atoms with Crippen molar-refractivity contribution < 1.29 is 47.6 Å². The van der Waals surface area contributed by atoms with E-state index in [9.17, 15) is 19.2 Å². The van der Waals surface area contributed by atoms with Crippen molar-refractivity contribution in [1.82, 2.24) is 10.2 Å². The third-order valence-electron chi connectivity index (χ3n) is 9.44. The third kappa shape index (κ3) is 13.5. The average molecular weight is 722 g/mol. The summed E-state index contributed by atoms with van der Waals surface area (Å²) < 4.78 is 33.6. The van der Waals surface area contributed by atoms with Crippen LogP contribution in [0.3, 0.4) is 0 Å². The van der Waals surface area contributed by atoms with Crippen LogP contribution < -0.4 is 20.5 Å². The van der Waals surface area contributed by atoms with Gasteiger partial charge < -0.3 is 39.5 Å². The zero-order valence-corrected chi connectivity index (χ0v) is 32.7. The van der Waals surface area contributed by atoms with Gasteiger partial charge in [0.1, 0.15) is 6.73 Å². The molecular weight excluding hydrogens is 658 g/mol. The van der Waals surface area contributed by atoms with Crippen molar-refractivity contribution in [2.75, 3.05) is 47.5 Å². The topological polar surface area (TPSA) is 165 Å². The summed E-state index contributed by atoms with van der Waals surface area (Å²) in [4.78, 5) is 52.7. The first kappa shape index (κ1) is 43.6. The van der Waals surface area contributed by atoms with Crippen LogP contribution in [0, 0.1) is 34.5 Å². The maximum Gasteiger partial charge on any atom is 0.414 e. The van der Waals surface area contributed by atoms with Gasteiger partial charge in [0.05, 0.1) is 36.7 Å². The molecule has 13 heteroatoms. The molecule has 0 radical (unpaired) electrons. The Kier molecular flexibility index (Phi) is 17.0. The molecule has 0 aliphatic carbocycles. The van der Waals surface area contributed by atoms with Crippen molar-refractivity contribution in [1.29, 1.82) is 0 Å². The number of methoxy groups -OCH3 is 2. The Labute approximate surface area is 304 Å². The number of nitrogens with two attached hydrogens (primary N) is 1. The second kappa shape index (κ2) is 19.9. The Balaban J connectivity index is 2.35. The number of amides is 3. The fraction of sp³-hybridized carbons (Fsp3) is 0.737. The highest BCUT2D eigenvalue weighted by atomic mass is 16.7. The van der Waals surface area contributed by atoms with Gasteiger partial charge >= 0.3 is 12.1 Å². The average Bonchev–Trinajstić information content (AvgIpc) is 3.45. The quantitative estimate of drug-likeness (QED) is 0.102. The molecule has 4 atom stereocenters. The van der Waals surface area contributed by atoms with E-state index >= 15 is 0 Å². The van der Waals surface area contributed by atoms with E-state index in [0.717, 1.165) is 12.0 Å². The van der Waals surface area contributed by atoms with Gasteiger partial charge in [-0.25, -0.2) is 4.79 Å². The van der Waals surface area contributed by atoms with Crippen molar-refractivity contribution in [2.45, 2.75) is 100 Å². The summed E-state index contributed by atoms with van der Waals surface area (Å²) in [7, 11) is 3.26. The highest BCUT2D eigenvalue weighted by Crippen LogP contribution is 2.36. The summed E-state index contributed by atoms with van der Waals surface area (Å²) in [5, 5.41) is 2.91. The molecule has 1 fully saturated rings. The monoisotopic (exact) mass is 721 g/mol. The molecule has 0 bridgehead atoms. The third-order valence-corrected chi connectivity index (χ3v) is 9.44. The van der Waals surface area contributed by atoms with Gasteiger partial charge in [-0.05, 0) is 89.3 Å². The fourth-order valence-electron chi connectivity index (χ4n) is 5.72. The van der Waals surface area contributed by atoms with Crippen molar-refractivity contribution in [3.8, 4) is 11.5 Å².